The summed E-state index contributed by atoms with van der Waals surface area (Å²) < 4.78 is 11.4. The van der Waals surface area contributed by atoms with Crippen molar-refractivity contribution in [2.45, 2.75) is 44.9 Å². The highest BCUT2D eigenvalue weighted by atomic mass is 16.5. The Kier molecular flexibility index (Phi) is 4.34. The first-order valence-corrected chi connectivity index (χ1v) is 9.29. The molecule has 2 aliphatic rings. The molecule has 0 radical (unpaired) electrons. The molecule has 4 rings (SSSR count). The summed E-state index contributed by atoms with van der Waals surface area (Å²) in [5, 5.41) is 10.5. The minimum atomic E-state index is -0.370. The first kappa shape index (κ1) is 17.9. The molecule has 2 aromatic rings. The van der Waals surface area contributed by atoms with Crippen LogP contribution in [-0.2, 0) is 13.0 Å². The van der Waals surface area contributed by atoms with Crippen LogP contribution in [0.2, 0.25) is 0 Å². The van der Waals surface area contributed by atoms with Crippen LogP contribution in [0.15, 0.2) is 18.2 Å². The van der Waals surface area contributed by atoms with Crippen LogP contribution in [0.5, 0.6) is 11.5 Å². The molecule has 3 heterocycles. The monoisotopic (exact) mass is 370 g/mol. The zero-order valence-electron chi connectivity index (χ0n) is 16.3. The van der Waals surface area contributed by atoms with Gasteiger partial charge in [-0.15, -0.1) is 0 Å². The van der Waals surface area contributed by atoms with Crippen LogP contribution in [0.1, 0.15) is 53.6 Å². The number of likely N-dealkylation sites (N-methyl/N-ethyl adjacent to an activating group) is 1. The molecule has 0 fully saturated rings. The maximum absolute atomic E-state index is 13.0. The van der Waals surface area contributed by atoms with Gasteiger partial charge in [-0.05, 0) is 39.1 Å². The minimum absolute atomic E-state index is 0.153. The fourth-order valence-electron chi connectivity index (χ4n) is 3.93. The summed E-state index contributed by atoms with van der Waals surface area (Å²) in [6, 6.07) is 5.54. The lowest BCUT2D eigenvalue weighted by atomic mass is 9.89. The highest BCUT2D eigenvalue weighted by Gasteiger charge is 2.36. The first-order chi connectivity index (χ1) is 12.9. The number of benzene rings is 1. The Morgan fingerprint density at radius 3 is 3.04 bits per heavy atom. The molecule has 7 heteroatoms. The third kappa shape index (κ3) is 3.39. The molecule has 27 heavy (non-hydrogen) atoms. The summed E-state index contributed by atoms with van der Waals surface area (Å²) in [5.74, 6) is 1.37. The standard InChI is InChI=1S/C20H26N4O3/c1-20(2)10-16(13-9-12(26-4)5-6-17(13)27-20)21-19(25)18-14-11-24(3)8-7-15(14)22-23-18/h5-6,9,16H,7-8,10-11H2,1-4H3,(H,21,25)(H,22,23). The van der Waals surface area contributed by atoms with Gasteiger partial charge in [0.15, 0.2) is 5.69 Å². The molecule has 1 amide bonds. The molecule has 0 saturated carbocycles. The van der Waals surface area contributed by atoms with Crippen molar-refractivity contribution in [3.05, 3.63) is 40.7 Å². The number of aromatic nitrogens is 2. The summed E-state index contributed by atoms with van der Waals surface area (Å²) in [4.78, 5) is 15.2. The lowest BCUT2D eigenvalue weighted by Gasteiger charge is -2.38. The van der Waals surface area contributed by atoms with Gasteiger partial charge >= 0.3 is 0 Å². The predicted octanol–water partition coefficient (Wildman–Crippen LogP) is 2.44. The quantitative estimate of drug-likeness (QED) is 0.868. The van der Waals surface area contributed by atoms with Crippen LogP contribution in [0.3, 0.4) is 0 Å². The Morgan fingerprint density at radius 2 is 2.26 bits per heavy atom. The molecule has 2 N–H and O–H groups in total. The second kappa shape index (κ2) is 6.56. The van der Waals surface area contributed by atoms with E-state index in [2.05, 4.69) is 27.5 Å². The summed E-state index contributed by atoms with van der Waals surface area (Å²) in [5.41, 5.74) is 3.12. The van der Waals surface area contributed by atoms with Crippen molar-refractivity contribution >= 4 is 5.91 Å². The zero-order chi connectivity index (χ0) is 19.2. The van der Waals surface area contributed by atoms with Gasteiger partial charge in [0, 0.05) is 42.8 Å². The summed E-state index contributed by atoms with van der Waals surface area (Å²) >= 11 is 0. The number of carbonyl (C=O) groups is 1. The summed E-state index contributed by atoms with van der Waals surface area (Å²) in [6.07, 6.45) is 1.56. The van der Waals surface area contributed by atoms with Gasteiger partial charge < -0.3 is 19.7 Å². The van der Waals surface area contributed by atoms with Gasteiger partial charge in [0.2, 0.25) is 0 Å². The molecular weight excluding hydrogens is 344 g/mol. The normalized spacial score (nSPS) is 21.0. The average Bonchev–Trinajstić information content (AvgIpc) is 3.03. The SMILES string of the molecule is COc1ccc2c(c1)C(NC(=O)c1n[nH]c3c1CN(C)CC3)CC(C)(C)O2. The van der Waals surface area contributed by atoms with Crippen molar-refractivity contribution in [1.82, 2.24) is 20.4 Å². The Hall–Kier alpha value is -2.54. The lowest BCUT2D eigenvalue weighted by Crippen LogP contribution is -2.41. The Balaban J connectivity index is 1.63. The number of H-pyrrole nitrogens is 1. The smallest absolute Gasteiger partial charge is 0.272 e. The molecule has 0 saturated heterocycles. The molecule has 0 aliphatic carbocycles. The number of fused-ring (bicyclic) bond motifs is 2. The Labute approximate surface area is 159 Å². The number of hydrogen-bond donors (Lipinski definition) is 2. The van der Waals surface area contributed by atoms with E-state index in [-0.39, 0.29) is 17.6 Å². The highest BCUT2D eigenvalue weighted by Crippen LogP contribution is 2.41. The third-order valence-corrected chi connectivity index (χ3v) is 5.32. The van der Waals surface area contributed by atoms with Crippen LogP contribution in [0, 0.1) is 0 Å². The van der Waals surface area contributed by atoms with E-state index in [4.69, 9.17) is 9.47 Å². The van der Waals surface area contributed by atoms with Gasteiger partial charge in [0.1, 0.15) is 17.1 Å². The maximum Gasteiger partial charge on any atom is 0.272 e. The molecule has 1 aromatic heterocycles. The number of methoxy groups -OCH3 is 1. The Morgan fingerprint density at radius 1 is 1.44 bits per heavy atom. The summed E-state index contributed by atoms with van der Waals surface area (Å²) in [7, 11) is 3.69. The molecule has 144 valence electrons. The highest BCUT2D eigenvalue weighted by molar-refractivity contribution is 5.94. The number of ether oxygens (including phenoxy) is 2. The number of carbonyl (C=O) groups excluding carboxylic acids is 1. The van der Waals surface area contributed by atoms with Gasteiger partial charge in [0.25, 0.3) is 5.91 Å². The van der Waals surface area contributed by atoms with E-state index >= 15 is 0 Å². The minimum Gasteiger partial charge on any atom is -0.497 e. The number of aromatic amines is 1. The van der Waals surface area contributed by atoms with Crippen molar-refractivity contribution in [2.75, 3.05) is 20.7 Å². The fourth-order valence-corrected chi connectivity index (χ4v) is 3.93. The maximum atomic E-state index is 13.0. The lowest BCUT2D eigenvalue weighted by molar-refractivity contribution is 0.0616. The van der Waals surface area contributed by atoms with Crippen LogP contribution in [0.25, 0.3) is 0 Å². The van der Waals surface area contributed by atoms with Gasteiger partial charge in [-0.3, -0.25) is 9.89 Å². The molecule has 0 bridgehead atoms. The van der Waals surface area contributed by atoms with Crippen LogP contribution in [0.4, 0.5) is 0 Å². The molecular formula is C20H26N4O3. The second-order valence-corrected chi connectivity index (χ2v) is 8.01. The van der Waals surface area contributed by atoms with Crippen molar-refractivity contribution < 1.29 is 14.3 Å². The van der Waals surface area contributed by atoms with Crippen molar-refractivity contribution in [3.8, 4) is 11.5 Å². The van der Waals surface area contributed by atoms with E-state index in [0.717, 1.165) is 47.8 Å². The number of nitrogens with zero attached hydrogens (tertiary/aromatic N) is 2. The van der Waals surface area contributed by atoms with E-state index in [9.17, 15) is 4.79 Å². The average molecular weight is 370 g/mol. The number of hydrogen-bond acceptors (Lipinski definition) is 5. The van der Waals surface area contributed by atoms with Gasteiger partial charge in [-0.1, -0.05) is 0 Å². The van der Waals surface area contributed by atoms with E-state index in [0.29, 0.717) is 12.1 Å². The van der Waals surface area contributed by atoms with Crippen molar-refractivity contribution in [1.29, 1.82) is 0 Å². The molecule has 7 nitrogen and oxygen atoms in total. The molecule has 2 aliphatic heterocycles. The van der Waals surface area contributed by atoms with Crippen molar-refractivity contribution in [3.63, 3.8) is 0 Å². The van der Waals surface area contributed by atoms with E-state index in [1.807, 2.05) is 32.0 Å². The molecule has 1 atom stereocenters. The number of nitrogens with one attached hydrogen (secondary N) is 2. The van der Waals surface area contributed by atoms with E-state index in [1.54, 1.807) is 7.11 Å². The van der Waals surface area contributed by atoms with E-state index in [1.165, 1.54) is 0 Å². The zero-order valence-corrected chi connectivity index (χ0v) is 16.3. The topological polar surface area (TPSA) is 79.5 Å². The Bertz CT molecular complexity index is 874. The largest absolute Gasteiger partial charge is 0.497 e. The van der Waals surface area contributed by atoms with E-state index < -0.39 is 0 Å². The van der Waals surface area contributed by atoms with Gasteiger partial charge in [-0.25, -0.2) is 0 Å². The second-order valence-electron chi connectivity index (χ2n) is 8.01. The van der Waals surface area contributed by atoms with Crippen LogP contribution in [-0.4, -0.2) is 47.3 Å². The molecule has 1 aromatic carbocycles. The number of amides is 1. The first-order valence-electron chi connectivity index (χ1n) is 9.29. The fraction of sp³-hybridized carbons (Fsp3) is 0.500. The van der Waals surface area contributed by atoms with Gasteiger partial charge in [-0.2, -0.15) is 5.10 Å². The van der Waals surface area contributed by atoms with Crippen molar-refractivity contribution in [2.24, 2.45) is 0 Å². The van der Waals surface area contributed by atoms with Crippen LogP contribution >= 0.6 is 0 Å². The van der Waals surface area contributed by atoms with Crippen LogP contribution < -0.4 is 14.8 Å². The number of rotatable bonds is 3. The van der Waals surface area contributed by atoms with Gasteiger partial charge in [0.05, 0.1) is 13.2 Å². The summed E-state index contributed by atoms with van der Waals surface area (Å²) in [6.45, 7) is 5.77. The predicted molar refractivity (Wildman–Crippen MR) is 101 cm³/mol. The molecule has 0 spiro atoms. The third-order valence-electron chi connectivity index (χ3n) is 5.32. The molecule has 1 unspecified atom stereocenters.